The van der Waals surface area contributed by atoms with E-state index in [0.717, 1.165) is 30.4 Å². The summed E-state index contributed by atoms with van der Waals surface area (Å²) in [6, 6.07) is 6.00. The lowest BCUT2D eigenvalue weighted by Crippen LogP contribution is -2.64. The molecule has 0 aromatic heterocycles. The molecule has 4 bridgehead atoms. The van der Waals surface area contributed by atoms with Gasteiger partial charge in [0.15, 0.2) is 0 Å². The number of carbonyl (C=O) groups excluding carboxylic acids is 1. The van der Waals surface area contributed by atoms with Crippen LogP contribution in [0, 0.1) is 25.2 Å². The first kappa shape index (κ1) is 26.5. The van der Waals surface area contributed by atoms with Crippen molar-refractivity contribution in [2.24, 2.45) is 11.3 Å². The number of nitrogens with one attached hydrogen (secondary N) is 4. The molecule has 3 fully saturated rings. The smallest absolute Gasteiger partial charge is 0.223 e. The number of aryl methyl sites for hydroxylation is 2. The van der Waals surface area contributed by atoms with Crippen LogP contribution < -0.4 is 20.7 Å². The molecule has 1 aromatic carbocycles. The molecule has 1 aromatic rings. The van der Waals surface area contributed by atoms with E-state index in [4.69, 9.17) is 4.74 Å². The minimum atomic E-state index is -3.65. The van der Waals surface area contributed by atoms with Crippen molar-refractivity contribution in [3.8, 4) is 0 Å². The summed E-state index contributed by atoms with van der Waals surface area (Å²) in [5, 5.41) is 9.41. The molecule has 1 aliphatic carbocycles. The van der Waals surface area contributed by atoms with Crippen LogP contribution in [0.3, 0.4) is 0 Å². The third-order valence-corrected chi connectivity index (χ3v) is 9.35. The monoisotopic (exact) mass is 506 g/mol. The first-order chi connectivity index (χ1) is 16.4. The molecule has 2 saturated heterocycles. The highest BCUT2D eigenvalue weighted by atomic mass is 32.2. The summed E-state index contributed by atoms with van der Waals surface area (Å²) in [4.78, 5) is 13.2. The van der Waals surface area contributed by atoms with Crippen molar-refractivity contribution in [2.75, 3.05) is 6.61 Å². The Morgan fingerprint density at radius 2 is 1.77 bits per heavy atom. The standard InChI is InChI=1S/C26H42N4O4S/c1-16-8-6-9-17(2)23(16)21-13-22-29-25(28-21)30-35(32,33)20-11-7-10-18(12-20)24(31)27-19(15-34-22)14-26(3,4)5/h6,8-9,18-22,25,28-30H,7,10-15H2,1-5H3,(H,27,31)/t18?,19-,20?,21?,22?,25?/m1/s1. The second kappa shape index (κ2) is 10.5. The number of sulfonamides is 1. The largest absolute Gasteiger partial charge is 0.361 e. The minimum Gasteiger partial charge on any atom is -0.361 e. The maximum Gasteiger partial charge on any atom is 0.223 e. The average Bonchev–Trinajstić information content (AvgIpc) is 2.76. The summed E-state index contributed by atoms with van der Waals surface area (Å²) in [7, 11) is -3.65. The van der Waals surface area contributed by atoms with Crippen LogP contribution in [0.5, 0.6) is 0 Å². The van der Waals surface area contributed by atoms with Gasteiger partial charge >= 0.3 is 0 Å². The van der Waals surface area contributed by atoms with E-state index in [-0.39, 0.29) is 35.6 Å². The third-order valence-electron chi connectivity index (χ3n) is 7.48. The van der Waals surface area contributed by atoms with E-state index in [2.05, 4.69) is 67.4 Å². The van der Waals surface area contributed by atoms with Gasteiger partial charge in [0.05, 0.1) is 17.9 Å². The van der Waals surface area contributed by atoms with Crippen molar-refractivity contribution in [3.63, 3.8) is 0 Å². The Hall–Kier alpha value is -1.52. The maximum atomic E-state index is 13.4. The Morgan fingerprint density at radius 3 is 2.46 bits per heavy atom. The van der Waals surface area contributed by atoms with Gasteiger partial charge in [-0.2, -0.15) is 4.72 Å². The molecule has 1 saturated carbocycles. The Labute approximate surface area is 210 Å². The molecule has 6 atom stereocenters. The minimum absolute atomic E-state index is 0.0140. The van der Waals surface area contributed by atoms with Gasteiger partial charge < -0.3 is 10.1 Å². The zero-order valence-corrected chi connectivity index (χ0v) is 22.5. The number of rotatable bonds is 2. The molecule has 196 valence electrons. The van der Waals surface area contributed by atoms with Crippen molar-refractivity contribution in [2.45, 2.75) is 103 Å². The fourth-order valence-electron chi connectivity index (χ4n) is 5.92. The molecular weight excluding hydrogens is 464 g/mol. The van der Waals surface area contributed by atoms with Crippen LogP contribution in [0.1, 0.15) is 82.0 Å². The van der Waals surface area contributed by atoms with Gasteiger partial charge in [-0.15, -0.1) is 0 Å². The van der Waals surface area contributed by atoms with Gasteiger partial charge in [-0.05, 0) is 61.6 Å². The first-order valence-corrected chi connectivity index (χ1v) is 14.5. The van der Waals surface area contributed by atoms with Crippen LogP contribution in [-0.4, -0.2) is 44.7 Å². The fraction of sp³-hybridized carbons (Fsp3) is 0.731. The van der Waals surface area contributed by atoms with Gasteiger partial charge in [-0.25, -0.2) is 8.42 Å². The number of fused-ring (bicyclic) bond motifs is 4. The predicted molar refractivity (Wildman–Crippen MR) is 137 cm³/mol. The fourth-order valence-corrected chi connectivity index (χ4v) is 7.54. The summed E-state index contributed by atoms with van der Waals surface area (Å²) >= 11 is 0. The summed E-state index contributed by atoms with van der Waals surface area (Å²) in [6.45, 7) is 11.0. The van der Waals surface area contributed by atoms with Crippen LogP contribution in [0.4, 0.5) is 0 Å². The van der Waals surface area contributed by atoms with Crippen LogP contribution >= 0.6 is 0 Å². The van der Waals surface area contributed by atoms with Crippen LogP contribution in [0.15, 0.2) is 18.2 Å². The number of ether oxygens (including phenoxy) is 1. The van der Waals surface area contributed by atoms with Gasteiger partial charge in [0.25, 0.3) is 0 Å². The highest BCUT2D eigenvalue weighted by Gasteiger charge is 2.39. The average molecular weight is 507 g/mol. The molecule has 2 aliphatic heterocycles. The SMILES string of the molecule is Cc1cccc(C)c1C1CC2NC(N1)NS(=O)(=O)C1CCCC(C1)C(=O)N[C@H](CC(C)(C)C)CO2. The first-order valence-electron chi connectivity index (χ1n) is 12.9. The molecule has 1 amide bonds. The highest BCUT2D eigenvalue weighted by molar-refractivity contribution is 7.90. The molecule has 2 heterocycles. The second-order valence-corrected chi connectivity index (χ2v) is 13.8. The lowest BCUT2D eigenvalue weighted by atomic mass is 9.86. The van der Waals surface area contributed by atoms with Crippen LogP contribution in [0.25, 0.3) is 0 Å². The van der Waals surface area contributed by atoms with Crippen LogP contribution in [-0.2, 0) is 19.6 Å². The number of benzene rings is 1. The topological polar surface area (TPSA) is 109 Å². The molecule has 0 spiro atoms. The van der Waals surface area contributed by atoms with E-state index in [1.165, 1.54) is 5.56 Å². The summed E-state index contributed by atoms with van der Waals surface area (Å²) < 4.78 is 36.0. The third kappa shape index (κ3) is 6.63. The van der Waals surface area contributed by atoms with Crippen molar-refractivity contribution in [1.29, 1.82) is 0 Å². The van der Waals surface area contributed by atoms with Crippen molar-refractivity contribution >= 4 is 15.9 Å². The van der Waals surface area contributed by atoms with E-state index in [1.54, 1.807) is 0 Å². The van der Waals surface area contributed by atoms with Gasteiger partial charge in [0.2, 0.25) is 15.9 Å². The summed E-state index contributed by atoms with van der Waals surface area (Å²) in [6.07, 6.45) is 2.76. The Bertz CT molecular complexity index is 1000. The van der Waals surface area contributed by atoms with Gasteiger partial charge in [0.1, 0.15) is 12.5 Å². The van der Waals surface area contributed by atoms with Crippen molar-refractivity contribution < 1.29 is 17.9 Å². The quantitative estimate of drug-likeness (QED) is 0.491. The lowest BCUT2D eigenvalue weighted by molar-refractivity contribution is -0.127. The van der Waals surface area contributed by atoms with Gasteiger partial charge in [-0.3, -0.25) is 15.4 Å². The van der Waals surface area contributed by atoms with Gasteiger partial charge in [0, 0.05) is 18.4 Å². The van der Waals surface area contributed by atoms with Crippen LogP contribution in [0.2, 0.25) is 0 Å². The number of amides is 1. The van der Waals surface area contributed by atoms with E-state index in [1.807, 2.05) is 6.07 Å². The summed E-state index contributed by atoms with van der Waals surface area (Å²) in [5.74, 6) is -0.347. The van der Waals surface area contributed by atoms with Crippen molar-refractivity contribution in [1.82, 2.24) is 20.7 Å². The normalized spacial score (nSPS) is 34.1. The predicted octanol–water partition coefficient (Wildman–Crippen LogP) is 2.97. The molecule has 4 N–H and O–H groups in total. The highest BCUT2D eigenvalue weighted by Crippen LogP contribution is 2.32. The molecule has 5 unspecified atom stereocenters. The number of hydrogen-bond donors (Lipinski definition) is 4. The Kier molecular flexibility index (Phi) is 7.93. The molecule has 9 heteroatoms. The molecule has 35 heavy (non-hydrogen) atoms. The number of carbonyl (C=O) groups is 1. The zero-order chi connectivity index (χ0) is 25.4. The Balaban J connectivity index is 1.65. The van der Waals surface area contributed by atoms with Crippen molar-refractivity contribution in [3.05, 3.63) is 34.9 Å². The molecule has 4 rings (SSSR count). The molecular formula is C26H42N4O4S. The van der Waals surface area contributed by atoms with E-state index < -0.39 is 21.6 Å². The van der Waals surface area contributed by atoms with E-state index >= 15 is 0 Å². The van der Waals surface area contributed by atoms with Gasteiger partial charge in [-0.1, -0.05) is 45.4 Å². The Morgan fingerprint density at radius 1 is 1.06 bits per heavy atom. The molecule has 3 aliphatic rings. The summed E-state index contributed by atoms with van der Waals surface area (Å²) in [5.41, 5.74) is 3.51. The zero-order valence-electron chi connectivity index (χ0n) is 21.7. The van der Waals surface area contributed by atoms with E-state index in [0.29, 0.717) is 25.9 Å². The number of hydrogen-bond acceptors (Lipinski definition) is 6. The maximum absolute atomic E-state index is 13.4. The molecule has 8 nitrogen and oxygen atoms in total. The van der Waals surface area contributed by atoms with E-state index in [9.17, 15) is 13.2 Å². The second-order valence-electron chi connectivity index (χ2n) is 11.8. The lowest BCUT2D eigenvalue weighted by Gasteiger charge is -2.39. The molecule has 0 radical (unpaired) electrons.